The largest absolute Gasteiger partial charge is 0.413 e. The van der Waals surface area contributed by atoms with Gasteiger partial charge in [-0.15, -0.1) is 0 Å². The Labute approximate surface area is 119 Å². The minimum absolute atomic E-state index is 0.00358. The summed E-state index contributed by atoms with van der Waals surface area (Å²) in [6.07, 6.45) is 0.461. The molecule has 3 atom stereocenters. The van der Waals surface area contributed by atoms with Gasteiger partial charge in [0, 0.05) is 12.8 Å². The highest BCUT2D eigenvalue weighted by molar-refractivity contribution is 6.77. The molecule has 1 rings (SSSR count). The van der Waals surface area contributed by atoms with Crippen molar-refractivity contribution in [3.05, 3.63) is 0 Å². The van der Waals surface area contributed by atoms with Crippen molar-refractivity contribution in [1.82, 2.24) is 0 Å². The van der Waals surface area contributed by atoms with Crippen molar-refractivity contribution in [1.29, 1.82) is 0 Å². The van der Waals surface area contributed by atoms with Crippen LogP contribution in [0.25, 0.3) is 0 Å². The van der Waals surface area contributed by atoms with Crippen LogP contribution in [-0.4, -0.2) is 36.3 Å². The van der Waals surface area contributed by atoms with Gasteiger partial charge in [0.2, 0.25) is 8.32 Å². The van der Waals surface area contributed by atoms with Crippen LogP contribution in [-0.2, 0) is 4.43 Å². The average molecular weight is 289 g/mol. The molecular formula is C15H32O3Si. The van der Waals surface area contributed by atoms with E-state index >= 15 is 0 Å². The maximum atomic E-state index is 10.1. The van der Waals surface area contributed by atoms with Crippen molar-refractivity contribution in [3.8, 4) is 0 Å². The smallest absolute Gasteiger partial charge is 0.200 e. The molecule has 4 heteroatoms. The predicted molar refractivity (Wildman–Crippen MR) is 81.8 cm³/mol. The number of rotatable bonds is 5. The van der Waals surface area contributed by atoms with Crippen LogP contribution in [0.3, 0.4) is 0 Å². The van der Waals surface area contributed by atoms with E-state index in [4.69, 9.17) is 4.43 Å². The van der Waals surface area contributed by atoms with E-state index in [-0.39, 0.29) is 6.10 Å². The summed E-state index contributed by atoms with van der Waals surface area (Å²) < 4.78 is 6.61. The van der Waals surface area contributed by atoms with Crippen molar-refractivity contribution in [2.45, 2.75) is 95.7 Å². The van der Waals surface area contributed by atoms with E-state index in [1.54, 1.807) is 6.92 Å². The van der Waals surface area contributed by atoms with E-state index in [1.807, 2.05) is 0 Å². The number of aliphatic hydroxyl groups excluding tert-OH is 1. The first-order chi connectivity index (χ1) is 8.54. The quantitative estimate of drug-likeness (QED) is 0.762. The molecule has 1 aliphatic rings. The highest BCUT2D eigenvalue weighted by Gasteiger charge is 2.50. The van der Waals surface area contributed by atoms with Crippen molar-refractivity contribution in [2.75, 3.05) is 0 Å². The Morgan fingerprint density at radius 2 is 1.47 bits per heavy atom. The molecule has 0 heterocycles. The normalized spacial score (nSPS) is 32.8. The molecule has 114 valence electrons. The van der Waals surface area contributed by atoms with Crippen LogP contribution in [0.2, 0.25) is 16.6 Å². The molecule has 0 amide bonds. The Balaban J connectivity index is 2.92. The molecule has 1 unspecified atom stereocenters. The van der Waals surface area contributed by atoms with Gasteiger partial charge in [0.05, 0.1) is 17.8 Å². The van der Waals surface area contributed by atoms with Gasteiger partial charge in [-0.05, 0) is 23.5 Å². The molecule has 0 bridgehead atoms. The summed E-state index contributed by atoms with van der Waals surface area (Å²) in [5.74, 6) is 0. The third-order valence-electron chi connectivity index (χ3n) is 4.92. The first-order valence-corrected chi connectivity index (χ1v) is 9.76. The summed E-state index contributed by atoms with van der Waals surface area (Å²) in [5, 5.41) is 20.1. The molecule has 2 N–H and O–H groups in total. The van der Waals surface area contributed by atoms with Gasteiger partial charge in [-0.2, -0.15) is 0 Å². The van der Waals surface area contributed by atoms with Crippen LogP contribution < -0.4 is 0 Å². The first-order valence-electron chi connectivity index (χ1n) is 7.62. The molecule has 0 aromatic rings. The Bertz CT molecular complexity index is 278. The van der Waals surface area contributed by atoms with Crippen LogP contribution in [0.1, 0.15) is 61.3 Å². The van der Waals surface area contributed by atoms with Gasteiger partial charge >= 0.3 is 0 Å². The van der Waals surface area contributed by atoms with Crippen molar-refractivity contribution in [2.24, 2.45) is 0 Å². The molecule has 3 nitrogen and oxygen atoms in total. The van der Waals surface area contributed by atoms with E-state index in [2.05, 4.69) is 41.5 Å². The van der Waals surface area contributed by atoms with Gasteiger partial charge in [0.25, 0.3) is 0 Å². The van der Waals surface area contributed by atoms with Gasteiger partial charge < -0.3 is 14.6 Å². The minimum Gasteiger partial charge on any atom is -0.413 e. The van der Waals surface area contributed by atoms with Crippen LogP contribution >= 0.6 is 0 Å². The molecule has 19 heavy (non-hydrogen) atoms. The van der Waals surface area contributed by atoms with Crippen LogP contribution in [0.15, 0.2) is 0 Å². The fourth-order valence-electron chi connectivity index (χ4n) is 3.97. The molecule has 1 aliphatic carbocycles. The van der Waals surface area contributed by atoms with Crippen molar-refractivity contribution >= 4 is 8.32 Å². The SMILES string of the molecule is CC(C)[Si](O[C@@H]1C[C@H](O)C(C)(O)C1)(C(C)C)C(C)C. The van der Waals surface area contributed by atoms with Crippen molar-refractivity contribution < 1.29 is 14.6 Å². The van der Waals surface area contributed by atoms with Crippen LogP contribution in [0.5, 0.6) is 0 Å². The summed E-state index contributed by atoms with van der Waals surface area (Å²) in [6.45, 7) is 15.3. The molecule has 1 fully saturated rings. The second-order valence-electron chi connectivity index (χ2n) is 7.37. The molecule has 0 saturated heterocycles. The zero-order valence-electron chi connectivity index (χ0n) is 13.6. The van der Waals surface area contributed by atoms with E-state index < -0.39 is 20.0 Å². The highest BCUT2D eigenvalue weighted by atomic mass is 28.4. The van der Waals surface area contributed by atoms with E-state index in [0.29, 0.717) is 29.5 Å². The number of hydrogen-bond acceptors (Lipinski definition) is 3. The molecule has 0 aromatic heterocycles. The van der Waals surface area contributed by atoms with E-state index in [9.17, 15) is 10.2 Å². The summed E-state index contributed by atoms with van der Waals surface area (Å²) in [7, 11) is -1.91. The first kappa shape index (κ1) is 17.1. The van der Waals surface area contributed by atoms with Gasteiger partial charge in [0.15, 0.2) is 0 Å². The minimum atomic E-state index is -1.91. The topological polar surface area (TPSA) is 49.7 Å². The number of hydrogen-bond donors (Lipinski definition) is 2. The fraction of sp³-hybridized carbons (Fsp3) is 1.00. The lowest BCUT2D eigenvalue weighted by Crippen LogP contribution is -2.50. The summed E-state index contributed by atoms with van der Waals surface area (Å²) >= 11 is 0. The average Bonchev–Trinajstić information content (AvgIpc) is 2.47. The van der Waals surface area contributed by atoms with Gasteiger partial charge in [-0.3, -0.25) is 0 Å². The van der Waals surface area contributed by atoms with E-state index in [0.717, 1.165) is 0 Å². The monoisotopic (exact) mass is 288 g/mol. The Morgan fingerprint density at radius 3 is 1.74 bits per heavy atom. The Morgan fingerprint density at radius 1 is 1.05 bits per heavy atom. The Kier molecular flexibility index (Phi) is 5.27. The summed E-state index contributed by atoms with van der Waals surface area (Å²) in [4.78, 5) is 0. The maximum Gasteiger partial charge on any atom is 0.200 e. The molecular weight excluding hydrogens is 256 g/mol. The fourth-order valence-corrected chi connectivity index (χ4v) is 9.54. The predicted octanol–water partition coefficient (Wildman–Crippen LogP) is 3.45. The maximum absolute atomic E-state index is 10.1. The zero-order valence-corrected chi connectivity index (χ0v) is 14.6. The third-order valence-corrected chi connectivity index (χ3v) is 11.1. The highest BCUT2D eigenvalue weighted by Crippen LogP contribution is 2.45. The lowest BCUT2D eigenvalue weighted by molar-refractivity contribution is -0.0391. The molecule has 0 aliphatic heterocycles. The van der Waals surface area contributed by atoms with Gasteiger partial charge in [0.1, 0.15) is 0 Å². The third kappa shape index (κ3) is 3.23. The van der Waals surface area contributed by atoms with Crippen LogP contribution in [0.4, 0.5) is 0 Å². The molecule has 0 spiro atoms. The number of aliphatic hydroxyl groups is 2. The van der Waals surface area contributed by atoms with Gasteiger partial charge in [-0.25, -0.2) is 0 Å². The second-order valence-corrected chi connectivity index (χ2v) is 12.8. The van der Waals surface area contributed by atoms with Gasteiger partial charge in [-0.1, -0.05) is 41.5 Å². The second kappa shape index (κ2) is 5.84. The Hall–Kier alpha value is 0.0969. The lowest BCUT2D eigenvalue weighted by atomic mass is 10.0. The molecule has 1 saturated carbocycles. The zero-order chi connectivity index (χ0) is 15.0. The summed E-state index contributed by atoms with van der Waals surface area (Å²) in [5.41, 5.74) is 0.621. The van der Waals surface area contributed by atoms with Crippen LogP contribution in [0, 0.1) is 0 Å². The van der Waals surface area contributed by atoms with Crippen molar-refractivity contribution in [3.63, 3.8) is 0 Å². The summed E-state index contributed by atoms with van der Waals surface area (Å²) in [6, 6.07) is 0. The lowest BCUT2D eigenvalue weighted by Gasteiger charge is -2.44. The van der Waals surface area contributed by atoms with E-state index in [1.165, 1.54) is 0 Å². The molecule has 0 radical (unpaired) electrons. The molecule has 0 aromatic carbocycles. The standard InChI is InChI=1S/C15H32O3Si/c1-10(2)19(11(3)4,12(5)6)18-13-8-14(16)15(7,17)9-13/h10-14,16-17H,8-9H2,1-7H3/t13-,14+,15?/m1/s1.